The van der Waals surface area contributed by atoms with E-state index in [1.54, 1.807) is 36.1 Å². The molecule has 2 amide bonds. The van der Waals surface area contributed by atoms with Crippen molar-refractivity contribution < 1.29 is 22.7 Å². The molecule has 1 fully saturated rings. The monoisotopic (exact) mass is 597 g/mol. The van der Waals surface area contributed by atoms with Crippen LogP contribution in [0.5, 0.6) is 5.75 Å². The van der Waals surface area contributed by atoms with Gasteiger partial charge in [-0.2, -0.15) is 0 Å². The van der Waals surface area contributed by atoms with Crippen molar-refractivity contribution >= 4 is 39.1 Å². The molecule has 2 heterocycles. The Morgan fingerprint density at radius 2 is 1.90 bits per heavy atom. The lowest BCUT2D eigenvalue weighted by molar-refractivity contribution is -0.129. The van der Waals surface area contributed by atoms with Crippen LogP contribution in [0.15, 0.2) is 48.6 Å². The number of ether oxygens (including phenoxy) is 1. The summed E-state index contributed by atoms with van der Waals surface area (Å²) in [5, 5.41) is 0.733. The van der Waals surface area contributed by atoms with Crippen LogP contribution in [0.3, 0.4) is 0 Å². The first-order chi connectivity index (χ1) is 19.6. The zero-order valence-electron chi connectivity index (χ0n) is 23.3. The standard InChI is InChI=1S/C31H36ClN3O5S/c1-21(36)34-13-2-3-14-41(38,39)33-30(37)23-8-11-29-28(16-23)35(18-25-7-6-24(25)17-34)19-31(20-40-29)12-4-5-22-15-26(32)9-10-27(22)31/h2-3,8-11,15-16,24-25H,4-7,12-14,17-20H2,1H3,(H,33,37)/b3-2-/t24-,25-,31-/m0/s1. The molecule has 1 spiro atoms. The van der Waals surface area contributed by atoms with E-state index in [9.17, 15) is 18.0 Å². The van der Waals surface area contributed by atoms with Gasteiger partial charge in [0.1, 0.15) is 5.75 Å². The van der Waals surface area contributed by atoms with Gasteiger partial charge in [0.25, 0.3) is 5.91 Å². The minimum atomic E-state index is -3.90. The van der Waals surface area contributed by atoms with E-state index in [2.05, 4.69) is 21.8 Å². The van der Waals surface area contributed by atoms with Crippen LogP contribution in [0.1, 0.15) is 54.1 Å². The van der Waals surface area contributed by atoms with E-state index in [4.69, 9.17) is 16.3 Å². The third-order valence-electron chi connectivity index (χ3n) is 9.29. The number of nitrogens with one attached hydrogen (secondary N) is 1. The van der Waals surface area contributed by atoms with Gasteiger partial charge in [-0.1, -0.05) is 29.8 Å². The van der Waals surface area contributed by atoms with E-state index in [-0.39, 0.29) is 22.6 Å². The molecule has 0 unspecified atom stereocenters. The maximum absolute atomic E-state index is 13.1. The summed E-state index contributed by atoms with van der Waals surface area (Å²) in [6.45, 7) is 4.50. The number of halogens is 1. The van der Waals surface area contributed by atoms with Gasteiger partial charge < -0.3 is 14.5 Å². The molecule has 1 saturated carbocycles. The molecule has 8 nitrogen and oxygen atoms in total. The SMILES string of the molecule is CC(=O)N1C/C=C\CS(=O)(=O)NC(=O)c2ccc3c(c2)N(C[C@@H]2CC[C@H]2C1)C[C@@]1(CCCc2cc(Cl)ccc21)CO3. The van der Waals surface area contributed by atoms with E-state index in [0.717, 1.165) is 49.4 Å². The predicted octanol–water partition coefficient (Wildman–Crippen LogP) is 4.32. The van der Waals surface area contributed by atoms with Gasteiger partial charge in [0.15, 0.2) is 0 Å². The molecule has 1 N–H and O–H groups in total. The molecule has 0 aromatic heterocycles. The van der Waals surface area contributed by atoms with Crippen LogP contribution in [-0.4, -0.2) is 63.7 Å². The lowest BCUT2D eigenvalue weighted by Gasteiger charge is -2.45. The largest absolute Gasteiger partial charge is 0.490 e. The van der Waals surface area contributed by atoms with Crippen molar-refractivity contribution in [2.45, 2.75) is 44.4 Å². The van der Waals surface area contributed by atoms with Crippen molar-refractivity contribution in [2.75, 3.05) is 43.4 Å². The lowest BCUT2D eigenvalue weighted by atomic mass is 9.69. The van der Waals surface area contributed by atoms with Crippen LogP contribution in [0.25, 0.3) is 0 Å². The second-order valence-electron chi connectivity index (χ2n) is 12.0. The molecule has 2 bridgehead atoms. The van der Waals surface area contributed by atoms with Gasteiger partial charge in [-0.3, -0.25) is 9.59 Å². The summed E-state index contributed by atoms with van der Waals surface area (Å²) in [5.41, 5.74) is 3.34. The number of hydrogen-bond donors (Lipinski definition) is 1. The Kier molecular flexibility index (Phi) is 7.53. The van der Waals surface area contributed by atoms with E-state index in [1.807, 2.05) is 6.07 Å². The molecular weight excluding hydrogens is 562 g/mol. The van der Waals surface area contributed by atoms with Crippen LogP contribution in [0.2, 0.25) is 5.02 Å². The number of rotatable bonds is 0. The quantitative estimate of drug-likeness (QED) is 0.455. The van der Waals surface area contributed by atoms with E-state index >= 15 is 0 Å². The Bertz CT molecular complexity index is 1510. The zero-order chi connectivity index (χ0) is 28.8. The molecule has 3 atom stereocenters. The van der Waals surface area contributed by atoms with Gasteiger partial charge in [-0.15, -0.1) is 0 Å². The first-order valence-corrected chi connectivity index (χ1v) is 16.4. The number of carbonyl (C=O) groups excluding carboxylic acids is 2. The number of aryl methyl sites for hydroxylation is 1. The van der Waals surface area contributed by atoms with Crippen molar-refractivity contribution in [3.63, 3.8) is 0 Å². The summed E-state index contributed by atoms with van der Waals surface area (Å²) >= 11 is 6.38. The number of carbonyl (C=O) groups is 2. The normalized spacial score (nSPS) is 28.3. The van der Waals surface area contributed by atoms with Gasteiger partial charge in [-0.25, -0.2) is 13.1 Å². The molecule has 4 aliphatic rings. The summed E-state index contributed by atoms with van der Waals surface area (Å²) in [6.07, 6.45) is 8.27. The van der Waals surface area contributed by atoms with Gasteiger partial charge in [0.2, 0.25) is 15.9 Å². The van der Waals surface area contributed by atoms with Crippen molar-refractivity contribution in [1.82, 2.24) is 9.62 Å². The first-order valence-electron chi connectivity index (χ1n) is 14.4. The predicted molar refractivity (Wildman–Crippen MR) is 159 cm³/mol. The first kappa shape index (κ1) is 28.1. The Hall–Kier alpha value is -3.04. The fourth-order valence-corrected chi connectivity index (χ4v) is 7.98. The number of amides is 2. The molecule has 10 heteroatoms. The number of fused-ring (bicyclic) bond motifs is 4. The smallest absolute Gasteiger partial charge is 0.264 e. The van der Waals surface area contributed by atoms with Crippen molar-refractivity contribution in [3.05, 3.63) is 70.3 Å². The fourth-order valence-electron chi connectivity index (χ4n) is 6.91. The van der Waals surface area contributed by atoms with Crippen molar-refractivity contribution in [3.8, 4) is 5.75 Å². The zero-order valence-corrected chi connectivity index (χ0v) is 24.8. The third kappa shape index (κ3) is 5.71. The molecule has 0 radical (unpaired) electrons. The minimum absolute atomic E-state index is 0.0350. The summed E-state index contributed by atoms with van der Waals surface area (Å²) in [6, 6.07) is 11.3. The van der Waals surface area contributed by atoms with Gasteiger partial charge >= 0.3 is 0 Å². The minimum Gasteiger partial charge on any atom is -0.490 e. The lowest BCUT2D eigenvalue weighted by Crippen LogP contribution is -2.50. The van der Waals surface area contributed by atoms with Crippen LogP contribution < -0.4 is 14.4 Å². The molecule has 2 aromatic carbocycles. The van der Waals surface area contributed by atoms with E-state index in [0.29, 0.717) is 43.8 Å². The van der Waals surface area contributed by atoms with Crippen LogP contribution in [-0.2, 0) is 26.7 Å². The number of hydrogen-bond acceptors (Lipinski definition) is 6. The van der Waals surface area contributed by atoms with Gasteiger partial charge in [-0.05, 0) is 85.4 Å². The van der Waals surface area contributed by atoms with Crippen LogP contribution >= 0.6 is 11.6 Å². The molecular formula is C31H36ClN3O5S. The highest BCUT2D eigenvalue weighted by Crippen LogP contribution is 2.46. The van der Waals surface area contributed by atoms with Gasteiger partial charge in [0, 0.05) is 49.1 Å². The highest BCUT2D eigenvalue weighted by Gasteiger charge is 2.43. The van der Waals surface area contributed by atoms with Crippen LogP contribution in [0, 0.1) is 11.8 Å². The average Bonchev–Trinajstić information content (AvgIpc) is 3.06. The van der Waals surface area contributed by atoms with Crippen molar-refractivity contribution in [2.24, 2.45) is 11.8 Å². The molecule has 2 aliphatic heterocycles. The van der Waals surface area contributed by atoms with Gasteiger partial charge in [0.05, 0.1) is 18.0 Å². The molecule has 41 heavy (non-hydrogen) atoms. The maximum atomic E-state index is 13.1. The molecule has 0 saturated heterocycles. The van der Waals surface area contributed by atoms with Crippen molar-refractivity contribution in [1.29, 1.82) is 0 Å². The average molecular weight is 598 g/mol. The van der Waals surface area contributed by atoms with E-state index in [1.165, 1.54) is 17.2 Å². The third-order valence-corrected chi connectivity index (χ3v) is 10.6. The molecule has 218 valence electrons. The highest BCUT2D eigenvalue weighted by atomic mass is 35.5. The van der Waals surface area contributed by atoms with E-state index < -0.39 is 15.9 Å². The number of nitrogens with zero attached hydrogens (tertiary/aromatic N) is 2. The van der Waals surface area contributed by atoms with Crippen LogP contribution in [0.4, 0.5) is 5.69 Å². The Morgan fingerprint density at radius 1 is 1.10 bits per heavy atom. The highest BCUT2D eigenvalue weighted by molar-refractivity contribution is 7.90. The number of benzene rings is 2. The Balaban J connectivity index is 1.41. The summed E-state index contributed by atoms with van der Waals surface area (Å²) in [4.78, 5) is 29.7. The molecule has 2 aromatic rings. The maximum Gasteiger partial charge on any atom is 0.264 e. The number of sulfonamides is 1. The molecule has 6 rings (SSSR count). The Labute approximate surface area is 246 Å². The fraction of sp³-hybridized carbons (Fsp3) is 0.484. The topological polar surface area (TPSA) is 96.0 Å². The Morgan fingerprint density at radius 3 is 2.68 bits per heavy atom. The second-order valence-corrected chi connectivity index (χ2v) is 14.2. The summed E-state index contributed by atoms with van der Waals surface area (Å²) in [5.74, 6) is 0.360. The molecule has 2 aliphatic carbocycles. The summed E-state index contributed by atoms with van der Waals surface area (Å²) in [7, 11) is -3.90. The summed E-state index contributed by atoms with van der Waals surface area (Å²) < 4.78 is 34.1. The second kappa shape index (κ2) is 11.0. The number of anilines is 1.